The molecule has 1 nitrogen and oxygen atoms in total. The van der Waals surface area contributed by atoms with Crippen molar-refractivity contribution in [1.29, 1.82) is 0 Å². The first kappa shape index (κ1) is 10.5. The molecule has 0 aromatic rings. The normalized spacial score (nSPS) is 16.6. The van der Waals surface area contributed by atoms with Crippen LogP contribution in [0.25, 0.3) is 0 Å². The van der Waals surface area contributed by atoms with E-state index in [4.69, 9.17) is 0 Å². The van der Waals surface area contributed by atoms with Crippen LogP contribution in [0.4, 0.5) is 26.3 Å². The van der Waals surface area contributed by atoms with Crippen molar-refractivity contribution in [3.63, 3.8) is 0 Å². The van der Waals surface area contributed by atoms with Crippen LogP contribution in [0.15, 0.2) is 0 Å². The van der Waals surface area contributed by atoms with Crippen LogP contribution in [0.2, 0.25) is 0 Å². The predicted octanol–water partition coefficient (Wildman–Crippen LogP) is 1.83. The van der Waals surface area contributed by atoms with Gasteiger partial charge in [-0.15, -0.1) is 0 Å². The number of alkyl halides is 6. The Balaban J connectivity index is 3.99. The Bertz CT molecular complexity index is 124. The van der Waals surface area contributed by atoms with E-state index in [9.17, 15) is 26.3 Å². The Morgan fingerprint density at radius 2 is 1.36 bits per heavy atom. The summed E-state index contributed by atoms with van der Waals surface area (Å²) in [5, 5.41) is 0. The zero-order chi connectivity index (χ0) is 9.28. The second kappa shape index (κ2) is 2.88. The number of hydrogen-bond donors (Lipinski definition) is 1. The Labute approximate surface area is 58.2 Å². The van der Waals surface area contributed by atoms with Crippen LogP contribution in [-0.4, -0.2) is 18.4 Å². The lowest BCUT2D eigenvalue weighted by molar-refractivity contribution is -0.194. The van der Waals surface area contributed by atoms with E-state index in [2.05, 4.69) is 5.73 Å². The largest absolute Gasteiger partial charge is 0.403 e. The van der Waals surface area contributed by atoms with Gasteiger partial charge in [0, 0.05) is 0 Å². The first-order valence-corrected chi connectivity index (χ1v) is 2.52. The van der Waals surface area contributed by atoms with Crippen LogP contribution in [0, 0.1) is 0 Å². The fourth-order valence-electron chi connectivity index (χ4n) is 0.365. The summed E-state index contributed by atoms with van der Waals surface area (Å²) in [6, 6.07) is -2.82. The van der Waals surface area contributed by atoms with E-state index in [1.54, 1.807) is 0 Å². The van der Waals surface area contributed by atoms with Gasteiger partial charge in [-0.2, -0.15) is 26.3 Å². The highest BCUT2D eigenvalue weighted by molar-refractivity contribution is 4.73. The van der Waals surface area contributed by atoms with Crippen LogP contribution in [0.1, 0.15) is 6.42 Å². The van der Waals surface area contributed by atoms with E-state index in [0.29, 0.717) is 0 Å². The molecular weight excluding hydrogens is 176 g/mol. The second-order valence-corrected chi connectivity index (χ2v) is 1.97. The molecule has 0 radical (unpaired) electrons. The van der Waals surface area contributed by atoms with E-state index in [-0.39, 0.29) is 0 Å². The van der Waals surface area contributed by atoms with Crippen molar-refractivity contribution in [2.75, 3.05) is 0 Å². The molecule has 0 aromatic heterocycles. The van der Waals surface area contributed by atoms with Gasteiger partial charge in [-0.05, 0) is 0 Å². The SMILES string of the molecule is N[C@@H](CC(F)(F)F)C(F)(F)F. The molecule has 68 valence electrons. The monoisotopic (exact) mass is 181 g/mol. The van der Waals surface area contributed by atoms with Crippen LogP contribution < -0.4 is 5.73 Å². The lowest BCUT2D eigenvalue weighted by Gasteiger charge is -2.16. The molecule has 0 aliphatic carbocycles. The van der Waals surface area contributed by atoms with E-state index in [1.165, 1.54) is 0 Å². The number of halogens is 6. The van der Waals surface area contributed by atoms with E-state index in [0.717, 1.165) is 0 Å². The molecule has 7 heteroatoms. The molecule has 2 N–H and O–H groups in total. The molecule has 0 aliphatic rings. The van der Waals surface area contributed by atoms with Crippen LogP contribution in [-0.2, 0) is 0 Å². The van der Waals surface area contributed by atoms with Gasteiger partial charge in [0.25, 0.3) is 0 Å². The minimum Gasteiger partial charge on any atom is -0.320 e. The van der Waals surface area contributed by atoms with Crippen molar-refractivity contribution in [2.45, 2.75) is 24.8 Å². The molecule has 0 rings (SSSR count). The third-order valence-electron chi connectivity index (χ3n) is 0.872. The minimum atomic E-state index is -4.98. The van der Waals surface area contributed by atoms with Gasteiger partial charge in [0.15, 0.2) is 0 Å². The van der Waals surface area contributed by atoms with Gasteiger partial charge in [-0.3, -0.25) is 0 Å². The lowest BCUT2D eigenvalue weighted by atomic mass is 10.2. The molecular formula is C4H5F6N. The molecule has 1 atom stereocenters. The minimum absolute atomic E-state index is 2.03. The fraction of sp³-hybridized carbons (Fsp3) is 1.00. The maximum absolute atomic E-state index is 11.4. The summed E-state index contributed by atoms with van der Waals surface area (Å²) in [5.41, 5.74) is 4.19. The summed E-state index contributed by atoms with van der Waals surface area (Å²) in [4.78, 5) is 0. The summed E-state index contributed by atoms with van der Waals surface area (Å²) < 4.78 is 67.8. The quantitative estimate of drug-likeness (QED) is 0.613. The van der Waals surface area contributed by atoms with E-state index >= 15 is 0 Å². The highest BCUT2D eigenvalue weighted by atomic mass is 19.4. The molecule has 0 aromatic carbocycles. The number of nitrogens with two attached hydrogens (primary N) is 1. The van der Waals surface area contributed by atoms with Gasteiger partial charge in [0.1, 0.15) is 6.04 Å². The number of rotatable bonds is 1. The van der Waals surface area contributed by atoms with Gasteiger partial charge < -0.3 is 5.73 Å². The summed E-state index contributed by atoms with van der Waals surface area (Å²) in [6.45, 7) is 0. The lowest BCUT2D eigenvalue weighted by Crippen LogP contribution is -2.40. The van der Waals surface area contributed by atoms with Gasteiger partial charge in [0.05, 0.1) is 6.42 Å². The average molecular weight is 181 g/mol. The highest BCUT2D eigenvalue weighted by Crippen LogP contribution is 2.28. The molecule has 0 fully saturated rings. The maximum Gasteiger partial charge on any atom is 0.403 e. The predicted molar refractivity (Wildman–Crippen MR) is 24.7 cm³/mol. The van der Waals surface area contributed by atoms with Crippen LogP contribution >= 0.6 is 0 Å². The summed E-state index contributed by atoms with van der Waals surface area (Å²) in [5.74, 6) is 0. The van der Waals surface area contributed by atoms with Crippen LogP contribution in [0.3, 0.4) is 0 Å². The summed E-state index contributed by atoms with van der Waals surface area (Å²) >= 11 is 0. The van der Waals surface area contributed by atoms with Crippen LogP contribution in [0.5, 0.6) is 0 Å². The zero-order valence-corrected chi connectivity index (χ0v) is 5.13. The Hall–Kier alpha value is -0.460. The van der Waals surface area contributed by atoms with Crippen molar-refractivity contribution < 1.29 is 26.3 Å². The first-order chi connectivity index (χ1) is 4.63. The molecule has 0 amide bonds. The zero-order valence-electron chi connectivity index (χ0n) is 5.13. The van der Waals surface area contributed by atoms with Gasteiger partial charge in [-0.1, -0.05) is 0 Å². The molecule has 0 spiro atoms. The molecule has 11 heavy (non-hydrogen) atoms. The van der Waals surface area contributed by atoms with Gasteiger partial charge in [0.2, 0.25) is 0 Å². The van der Waals surface area contributed by atoms with Gasteiger partial charge in [-0.25, -0.2) is 0 Å². The fourth-order valence-corrected chi connectivity index (χ4v) is 0.365. The third-order valence-corrected chi connectivity index (χ3v) is 0.872. The highest BCUT2D eigenvalue weighted by Gasteiger charge is 2.44. The van der Waals surface area contributed by atoms with Crippen molar-refractivity contribution in [2.24, 2.45) is 5.73 Å². The standard InChI is InChI=1S/C4H5F6N/c5-3(6,7)1-2(11)4(8,9)10/h2H,1,11H2/t2-/m0/s1. The maximum atomic E-state index is 11.4. The average Bonchev–Trinajstić information content (AvgIpc) is 1.56. The molecule has 0 saturated heterocycles. The molecule has 0 bridgehead atoms. The smallest absolute Gasteiger partial charge is 0.320 e. The Kier molecular flexibility index (Phi) is 2.76. The first-order valence-electron chi connectivity index (χ1n) is 2.52. The molecule has 0 unspecified atom stereocenters. The Morgan fingerprint density at radius 1 is 1.00 bits per heavy atom. The molecule has 0 aliphatic heterocycles. The van der Waals surface area contributed by atoms with Crippen molar-refractivity contribution in [1.82, 2.24) is 0 Å². The topological polar surface area (TPSA) is 26.0 Å². The summed E-state index contributed by atoms with van der Waals surface area (Å²) in [6.07, 6.45) is -11.9. The summed E-state index contributed by atoms with van der Waals surface area (Å²) in [7, 11) is 0. The van der Waals surface area contributed by atoms with E-state index < -0.39 is 24.8 Å². The van der Waals surface area contributed by atoms with Crippen molar-refractivity contribution in [3.8, 4) is 0 Å². The molecule has 0 saturated carbocycles. The van der Waals surface area contributed by atoms with E-state index in [1.807, 2.05) is 0 Å². The molecule has 0 heterocycles. The van der Waals surface area contributed by atoms with Crippen molar-refractivity contribution in [3.05, 3.63) is 0 Å². The third kappa shape index (κ3) is 4.88. The van der Waals surface area contributed by atoms with Crippen molar-refractivity contribution >= 4 is 0 Å². The Morgan fingerprint density at radius 3 is 1.45 bits per heavy atom. The second-order valence-electron chi connectivity index (χ2n) is 1.97. The van der Waals surface area contributed by atoms with Gasteiger partial charge >= 0.3 is 12.4 Å². The number of hydrogen-bond acceptors (Lipinski definition) is 1.